The van der Waals surface area contributed by atoms with Gasteiger partial charge in [-0.1, -0.05) is 6.07 Å². The molecule has 0 aliphatic carbocycles. The zero-order valence-corrected chi connectivity index (χ0v) is 12.4. The minimum atomic E-state index is -2.63. The van der Waals surface area contributed by atoms with Crippen molar-refractivity contribution in [3.8, 4) is 5.88 Å². The molecule has 0 spiro atoms. The van der Waals surface area contributed by atoms with Crippen LogP contribution >= 0.6 is 0 Å². The summed E-state index contributed by atoms with van der Waals surface area (Å²) in [6, 6.07) is 8.44. The Morgan fingerprint density at radius 2 is 1.96 bits per heavy atom. The van der Waals surface area contributed by atoms with E-state index < -0.39 is 6.43 Å². The zero-order chi connectivity index (χ0) is 16.4. The molecule has 7 heteroatoms. The van der Waals surface area contributed by atoms with Gasteiger partial charge in [-0.05, 0) is 30.0 Å². The van der Waals surface area contributed by atoms with Gasteiger partial charge < -0.3 is 9.94 Å². The van der Waals surface area contributed by atoms with Gasteiger partial charge in [0.1, 0.15) is 5.69 Å². The second-order valence-electron chi connectivity index (χ2n) is 5.13. The van der Waals surface area contributed by atoms with E-state index in [-0.39, 0.29) is 5.69 Å². The molecule has 0 atom stereocenters. The molecule has 5 nitrogen and oxygen atoms in total. The average molecular weight is 319 g/mol. The van der Waals surface area contributed by atoms with Crippen LogP contribution in [-0.2, 0) is 12.8 Å². The van der Waals surface area contributed by atoms with E-state index in [4.69, 9.17) is 4.74 Å². The van der Waals surface area contributed by atoms with Gasteiger partial charge in [-0.3, -0.25) is 0 Å². The van der Waals surface area contributed by atoms with Gasteiger partial charge in [-0.2, -0.15) is 9.83 Å². The van der Waals surface area contributed by atoms with Gasteiger partial charge in [-0.15, -0.1) is 0 Å². The van der Waals surface area contributed by atoms with E-state index in [2.05, 4.69) is 5.10 Å². The van der Waals surface area contributed by atoms with Crippen molar-refractivity contribution in [2.75, 3.05) is 7.11 Å². The number of fused-ring (bicyclic) bond motifs is 1. The van der Waals surface area contributed by atoms with E-state index in [0.717, 1.165) is 15.9 Å². The molecule has 3 aromatic rings. The third-order valence-electron chi connectivity index (χ3n) is 3.68. The average Bonchev–Trinajstić information content (AvgIpc) is 3.00. The molecular weight excluding hydrogens is 304 g/mol. The van der Waals surface area contributed by atoms with Crippen molar-refractivity contribution in [3.63, 3.8) is 0 Å². The Bertz CT molecular complexity index is 816. The molecule has 0 aliphatic heterocycles. The number of pyridine rings is 2. The van der Waals surface area contributed by atoms with Crippen LogP contribution in [0.25, 0.3) is 5.52 Å². The fourth-order valence-corrected chi connectivity index (χ4v) is 2.49. The minimum absolute atomic E-state index is 0.275. The van der Waals surface area contributed by atoms with Crippen LogP contribution < -0.4 is 9.47 Å². The van der Waals surface area contributed by atoms with Gasteiger partial charge in [0.15, 0.2) is 12.4 Å². The lowest BCUT2D eigenvalue weighted by atomic mass is 10.1. The molecule has 0 aromatic carbocycles. The van der Waals surface area contributed by atoms with Crippen LogP contribution in [0.3, 0.4) is 0 Å². The van der Waals surface area contributed by atoms with E-state index in [9.17, 15) is 14.0 Å². The molecule has 0 saturated heterocycles. The molecule has 120 valence electrons. The number of methoxy groups -OCH3 is 1. The fourth-order valence-electron chi connectivity index (χ4n) is 2.49. The molecule has 0 N–H and O–H groups in total. The molecule has 0 amide bonds. The number of hydrogen-bond donors (Lipinski definition) is 0. The highest BCUT2D eigenvalue weighted by atomic mass is 19.3. The van der Waals surface area contributed by atoms with Crippen LogP contribution in [0.5, 0.6) is 5.88 Å². The maximum absolute atomic E-state index is 12.9. The summed E-state index contributed by atoms with van der Waals surface area (Å²) in [6.07, 6.45) is 1.58. The molecule has 3 aromatic heterocycles. The van der Waals surface area contributed by atoms with E-state index in [1.165, 1.54) is 30.1 Å². The standard InChI is InChI=1S/C16H15F2N3O2/c1-23-15-5-4-12(3-2-11-6-8-20(22)9-7-11)14-10-13(16(17)18)19-21(14)15/h4-10,16H,2-3H2,1H3. The van der Waals surface area contributed by atoms with Crippen molar-refractivity contribution in [1.29, 1.82) is 0 Å². The maximum Gasteiger partial charge on any atom is 0.282 e. The normalized spacial score (nSPS) is 11.3. The Morgan fingerprint density at radius 1 is 1.22 bits per heavy atom. The molecule has 0 fully saturated rings. The van der Waals surface area contributed by atoms with Crippen molar-refractivity contribution in [2.24, 2.45) is 0 Å². The summed E-state index contributed by atoms with van der Waals surface area (Å²) in [5.74, 6) is 0.405. The number of alkyl halides is 2. The molecule has 0 saturated carbocycles. The van der Waals surface area contributed by atoms with Crippen molar-refractivity contribution >= 4 is 5.52 Å². The van der Waals surface area contributed by atoms with E-state index in [0.29, 0.717) is 24.2 Å². The van der Waals surface area contributed by atoms with Crippen molar-refractivity contribution in [1.82, 2.24) is 9.61 Å². The summed E-state index contributed by atoms with van der Waals surface area (Å²) in [4.78, 5) is 0. The largest absolute Gasteiger partial charge is 0.619 e. The summed E-state index contributed by atoms with van der Waals surface area (Å²) in [5, 5.41) is 14.9. The molecular formula is C16H15F2N3O2. The predicted octanol–water partition coefficient (Wildman–Crippen LogP) is 2.70. The van der Waals surface area contributed by atoms with Gasteiger partial charge in [0.05, 0.1) is 12.6 Å². The highest BCUT2D eigenvalue weighted by Crippen LogP contribution is 2.25. The number of halogens is 2. The Kier molecular flexibility index (Phi) is 4.10. The quantitative estimate of drug-likeness (QED) is 0.537. The SMILES string of the molecule is COc1ccc(CCc2cc[n+]([O-])cc2)c2cc(C(F)F)nn12. The number of ether oxygens (including phenoxy) is 1. The van der Waals surface area contributed by atoms with Crippen molar-refractivity contribution in [2.45, 2.75) is 19.3 Å². The number of nitrogens with zero attached hydrogens (tertiary/aromatic N) is 3. The lowest BCUT2D eigenvalue weighted by Gasteiger charge is -2.08. The number of hydrogen-bond acceptors (Lipinski definition) is 3. The molecule has 3 rings (SSSR count). The monoisotopic (exact) mass is 319 g/mol. The summed E-state index contributed by atoms with van der Waals surface area (Å²) in [6.45, 7) is 0. The van der Waals surface area contributed by atoms with Gasteiger partial charge in [0.2, 0.25) is 5.88 Å². The highest BCUT2D eigenvalue weighted by molar-refractivity contribution is 5.57. The summed E-state index contributed by atoms with van der Waals surface area (Å²) in [7, 11) is 1.47. The highest BCUT2D eigenvalue weighted by Gasteiger charge is 2.16. The third-order valence-corrected chi connectivity index (χ3v) is 3.68. The van der Waals surface area contributed by atoms with E-state index >= 15 is 0 Å². The first kappa shape index (κ1) is 15.2. The van der Waals surface area contributed by atoms with Crippen LogP contribution in [-0.4, -0.2) is 16.7 Å². The van der Waals surface area contributed by atoms with E-state index in [1.807, 2.05) is 6.07 Å². The molecule has 3 heterocycles. The van der Waals surface area contributed by atoms with Gasteiger partial charge >= 0.3 is 0 Å². The van der Waals surface area contributed by atoms with Gasteiger partial charge in [-0.25, -0.2) is 13.3 Å². The van der Waals surface area contributed by atoms with Gasteiger partial charge in [0, 0.05) is 18.2 Å². The van der Waals surface area contributed by atoms with Crippen LogP contribution in [0.2, 0.25) is 0 Å². The summed E-state index contributed by atoms with van der Waals surface area (Å²) >= 11 is 0. The minimum Gasteiger partial charge on any atom is -0.619 e. The Labute approximate surface area is 131 Å². The molecule has 0 unspecified atom stereocenters. The molecule has 0 radical (unpaired) electrons. The lowest BCUT2D eigenvalue weighted by molar-refractivity contribution is -0.605. The predicted molar refractivity (Wildman–Crippen MR) is 79.5 cm³/mol. The smallest absolute Gasteiger partial charge is 0.282 e. The summed E-state index contributed by atoms with van der Waals surface area (Å²) in [5.41, 5.74) is 2.22. The fraction of sp³-hybridized carbons (Fsp3) is 0.250. The number of rotatable bonds is 5. The first-order valence-electron chi connectivity index (χ1n) is 7.10. The van der Waals surface area contributed by atoms with Crippen LogP contribution in [0, 0.1) is 5.21 Å². The Balaban J connectivity index is 1.92. The van der Waals surface area contributed by atoms with Gasteiger partial charge in [0.25, 0.3) is 6.43 Å². The topological polar surface area (TPSA) is 53.5 Å². The van der Waals surface area contributed by atoms with Crippen molar-refractivity contribution < 1.29 is 18.2 Å². The van der Waals surface area contributed by atoms with E-state index in [1.54, 1.807) is 18.2 Å². The third kappa shape index (κ3) is 3.08. The summed E-state index contributed by atoms with van der Waals surface area (Å²) < 4.78 is 33.1. The first-order valence-corrected chi connectivity index (χ1v) is 7.10. The van der Waals surface area contributed by atoms with Crippen LogP contribution in [0.4, 0.5) is 8.78 Å². The molecule has 0 aliphatic rings. The lowest BCUT2D eigenvalue weighted by Crippen LogP contribution is -2.23. The second kappa shape index (κ2) is 6.20. The van der Waals surface area contributed by atoms with Crippen molar-refractivity contribution in [3.05, 3.63) is 64.8 Å². The van der Waals surface area contributed by atoms with Crippen LogP contribution in [0.15, 0.2) is 42.7 Å². The van der Waals surface area contributed by atoms with Crippen LogP contribution in [0.1, 0.15) is 23.2 Å². The zero-order valence-electron chi connectivity index (χ0n) is 12.4. The Hall–Kier alpha value is -2.70. The molecule has 23 heavy (non-hydrogen) atoms. The maximum atomic E-state index is 12.9. The second-order valence-corrected chi connectivity index (χ2v) is 5.13. The molecule has 0 bridgehead atoms. The first-order chi connectivity index (χ1) is 11.1. The Morgan fingerprint density at radius 3 is 2.61 bits per heavy atom. The number of aryl methyl sites for hydroxylation is 2. The number of aromatic nitrogens is 3.